The van der Waals surface area contributed by atoms with Crippen LogP contribution in [0.3, 0.4) is 0 Å². The minimum Gasteiger partial charge on any atom is -0.494 e. The molecule has 0 bridgehead atoms. The Balaban J connectivity index is 0.759. The molecule has 4 fully saturated rings. The number of hydrogen-bond donors (Lipinski definition) is 2. The molecule has 3 amide bonds. The molecule has 16 heteroatoms. The largest absolute Gasteiger partial charge is 0.494 e. The highest BCUT2D eigenvalue weighted by molar-refractivity contribution is 6.06. The highest BCUT2D eigenvalue weighted by Gasteiger charge is 2.35. The summed E-state index contributed by atoms with van der Waals surface area (Å²) in [5, 5.41) is 24.5. The molecule has 306 valence electrons. The normalized spacial score (nSPS) is 22.4. The van der Waals surface area contributed by atoms with Crippen molar-refractivity contribution in [3.8, 4) is 11.8 Å². The second-order valence-electron chi connectivity index (χ2n) is 16.2. The number of anilines is 2. The number of methoxy groups -OCH3 is 1. The molecule has 3 aromatic heterocycles. The van der Waals surface area contributed by atoms with E-state index in [9.17, 15) is 19.6 Å². The molecule has 0 spiro atoms. The number of carbonyl (C=O) groups excluding carboxylic acids is 3. The fourth-order valence-electron chi connectivity index (χ4n) is 9.64. The van der Waals surface area contributed by atoms with Crippen molar-refractivity contribution < 1.29 is 27.9 Å². The van der Waals surface area contributed by atoms with Crippen molar-refractivity contribution in [2.24, 2.45) is 0 Å². The van der Waals surface area contributed by atoms with Crippen LogP contribution in [0.2, 0.25) is 0 Å². The number of rotatable bonds is 8. The molecule has 2 aromatic carbocycles. The molecule has 5 aromatic rings. The van der Waals surface area contributed by atoms with Gasteiger partial charge in [0, 0.05) is 86.7 Å². The molecule has 2 N–H and O–H groups in total. The summed E-state index contributed by atoms with van der Waals surface area (Å²) in [6, 6.07) is 14.8. The van der Waals surface area contributed by atoms with E-state index in [-0.39, 0.29) is 30.4 Å². The number of nitrogens with zero attached hydrogens (tertiary/aromatic N) is 8. The van der Waals surface area contributed by atoms with Crippen LogP contribution in [-0.4, -0.2) is 105 Å². The first-order valence-electron chi connectivity index (χ1n) is 20.5. The Morgan fingerprint density at radius 1 is 0.881 bits per heavy atom. The van der Waals surface area contributed by atoms with Crippen molar-refractivity contribution in [1.29, 1.82) is 5.26 Å². The third kappa shape index (κ3) is 7.60. The fraction of sp³-hybridized carbons (Fsp3) is 0.442. The standard InChI is InChI=1S/C43H46F2N10O4/c1-59-39-22-36-27(19-37(39)48-43(58)38-8-6-31-18-26(23-46)24-47-55(31)38)25-54(50-36)30-4-2-28(3-5-30)52-14-16-53(17-15-52)29-10-12-51(13-11-29)32-20-34(44)41(35(45)21-32)33-7-9-40(56)49-42(33)57/h6,8,18-22,24-25,28-30,33H,2-5,7,9-17H2,1H3,(H,48,58)(H,49,56,57)/t28?,30?,33-/m1/s1. The molecule has 6 heterocycles. The molecule has 59 heavy (non-hydrogen) atoms. The van der Waals surface area contributed by atoms with E-state index < -0.39 is 29.4 Å². The number of nitriles is 1. The minimum absolute atomic E-state index is 0.0644. The molecule has 3 saturated heterocycles. The number of nitrogens with one attached hydrogen (secondary N) is 2. The highest BCUT2D eigenvalue weighted by atomic mass is 19.1. The lowest BCUT2D eigenvalue weighted by Gasteiger charge is -2.46. The van der Waals surface area contributed by atoms with Gasteiger partial charge in [-0.2, -0.15) is 15.5 Å². The molecule has 1 aliphatic carbocycles. The topological polar surface area (TPSA) is 153 Å². The summed E-state index contributed by atoms with van der Waals surface area (Å²) in [7, 11) is 1.57. The van der Waals surface area contributed by atoms with E-state index in [0.717, 1.165) is 75.6 Å². The van der Waals surface area contributed by atoms with Gasteiger partial charge in [-0.3, -0.25) is 34.2 Å². The average molecular weight is 805 g/mol. The SMILES string of the molecule is COc1cc2nn(C3CCC(N4CCN(C5CCN(c6cc(F)c([C@H]7CCC(=O)NC7=O)c(F)c6)CC5)CC4)CC3)cc2cc1NC(=O)c1ccc2cc(C#N)cnn12. The third-order valence-electron chi connectivity index (χ3n) is 12.9. The Labute approximate surface area is 339 Å². The van der Waals surface area contributed by atoms with Crippen LogP contribution in [0.1, 0.15) is 84.9 Å². The zero-order chi connectivity index (χ0) is 40.8. The van der Waals surface area contributed by atoms with E-state index in [0.29, 0.717) is 59.1 Å². The summed E-state index contributed by atoms with van der Waals surface area (Å²) < 4.78 is 39.7. The molecule has 14 nitrogen and oxygen atoms in total. The lowest BCUT2D eigenvalue weighted by atomic mass is 9.89. The molecular weight excluding hydrogens is 759 g/mol. The second kappa shape index (κ2) is 16.0. The molecule has 3 aliphatic heterocycles. The maximum absolute atomic E-state index is 15.2. The Bertz CT molecular complexity index is 2450. The zero-order valence-electron chi connectivity index (χ0n) is 32.9. The summed E-state index contributed by atoms with van der Waals surface area (Å²) in [5.41, 5.74) is 2.97. The molecule has 0 unspecified atom stereocenters. The number of ether oxygens (including phenoxy) is 1. The Morgan fingerprint density at radius 3 is 2.22 bits per heavy atom. The van der Waals surface area contributed by atoms with Crippen LogP contribution >= 0.6 is 0 Å². The van der Waals surface area contributed by atoms with E-state index in [1.165, 1.54) is 22.8 Å². The molecular formula is C43H46F2N10O4. The first kappa shape index (κ1) is 38.6. The molecule has 1 atom stereocenters. The van der Waals surface area contributed by atoms with Crippen molar-refractivity contribution >= 4 is 45.5 Å². The maximum atomic E-state index is 15.2. The number of halogens is 2. The molecule has 4 aliphatic rings. The Hall–Kier alpha value is -5.92. The summed E-state index contributed by atoms with van der Waals surface area (Å²) in [4.78, 5) is 44.4. The molecule has 1 saturated carbocycles. The number of carbonyl (C=O) groups is 3. The van der Waals surface area contributed by atoms with Gasteiger partial charge in [-0.1, -0.05) is 0 Å². The van der Waals surface area contributed by atoms with Gasteiger partial charge < -0.3 is 15.0 Å². The van der Waals surface area contributed by atoms with E-state index >= 15 is 8.78 Å². The van der Waals surface area contributed by atoms with Crippen LogP contribution < -0.4 is 20.3 Å². The van der Waals surface area contributed by atoms with Gasteiger partial charge >= 0.3 is 0 Å². The predicted octanol–water partition coefficient (Wildman–Crippen LogP) is 5.39. The van der Waals surface area contributed by atoms with E-state index in [4.69, 9.17) is 9.84 Å². The van der Waals surface area contributed by atoms with Crippen LogP contribution in [0.5, 0.6) is 5.75 Å². The first-order valence-corrected chi connectivity index (χ1v) is 20.5. The lowest BCUT2D eigenvalue weighted by molar-refractivity contribution is -0.134. The van der Waals surface area contributed by atoms with Gasteiger partial charge in [-0.15, -0.1) is 0 Å². The zero-order valence-corrected chi connectivity index (χ0v) is 32.9. The van der Waals surface area contributed by atoms with Crippen LogP contribution in [0.25, 0.3) is 16.4 Å². The number of aromatic nitrogens is 4. The maximum Gasteiger partial charge on any atom is 0.274 e. The van der Waals surface area contributed by atoms with Gasteiger partial charge in [0.1, 0.15) is 29.1 Å². The van der Waals surface area contributed by atoms with Gasteiger partial charge in [0.25, 0.3) is 5.91 Å². The second-order valence-corrected chi connectivity index (χ2v) is 16.2. The van der Waals surface area contributed by atoms with Gasteiger partial charge in [-0.05, 0) is 81.3 Å². The smallest absolute Gasteiger partial charge is 0.274 e. The van der Waals surface area contributed by atoms with Gasteiger partial charge in [-0.25, -0.2) is 13.3 Å². The van der Waals surface area contributed by atoms with Crippen LogP contribution in [0.4, 0.5) is 20.2 Å². The Kier molecular flexibility index (Phi) is 10.5. The number of piperidine rings is 2. The number of imide groups is 1. The van der Waals surface area contributed by atoms with Gasteiger partial charge in [0.2, 0.25) is 11.8 Å². The van der Waals surface area contributed by atoms with Crippen molar-refractivity contribution in [2.45, 2.75) is 75.4 Å². The van der Waals surface area contributed by atoms with Crippen molar-refractivity contribution in [3.05, 3.63) is 83.3 Å². The van der Waals surface area contributed by atoms with Crippen LogP contribution in [-0.2, 0) is 9.59 Å². The van der Waals surface area contributed by atoms with E-state index in [1.54, 1.807) is 25.3 Å². The van der Waals surface area contributed by atoms with Crippen LogP contribution in [0.15, 0.2) is 54.9 Å². The highest BCUT2D eigenvalue weighted by Crippen LogP contribution is 2.37. The number of amides is 3. The van der Waals surface area contributed by atoms with Crippen LogP contribution in [0, 0.1) is 23.0 Å². The van der Waals surface area contributed by atoms with E-state index in [1.807, 2.05) is 17.0 Å². The van der Waals surface area contributed by atoms with Crippen molar-refractivity contribution in [2.75, 3.05) is 56.6 Å². The minimum atomic E-state index is -0.999. The van der Waals surface area contributed by atoms with Crippen molar-refractivity contribution in [1.82, 2.24) is 34.5 Å². The summed E-state index contributed by atoms with van der Waals surface area (Å²) in [6.45, 7) is 5.43. The Morgan fingerprint density at radius 2 is 1.56 bits per heavy atom. The average Bonchev–Trinajstić information content (AvgIpc) is 3.88. The van der Waals surface area contributed by atoms with Gasteiger partial charge in [0.05, 0.1) is 47.6 Å². The summed E-state index contributed by atoms with van der Waals surface area (Å²) >= 11 is 0. The predicted molar refractivity (Wildman–Crippen MR) is 215 cm³/mol. The van der Waals surface area contributed by atoms with E-state index in [2.05, 4.69) is 42.5 Å². The monoisotopic (exact) mass is 804 g/mol. The lowest BCUT2D eigenvalue weighted by Crippen LogP contribution is -2.55. The number of piperazine rings is 1. The molecule has 9 rings (SSSR count). The molecule has 0 radical (unpaired) electrons. The number of hydrogen-bond acceptors (Lipinski definition) is 10. The fourth-order valence-corrected chi connectivity index (χ4v) is 9.64. The van der Waals surface area contributed by atoms with Gasteiger partial charge in [0.15, 0.2) is 0 Å². The van der Waals surface area contributed by atoms with Crippen molar-refractivity contribution in [3.63, 3.8) is 0 Å². The third-order valence-corrected chi connectivity index (χ3v) is 12.9. The first-order chi connectivity index (χ1) is 28.6. The quantitative estimate of drug-likeness (QED) is 0.196. The number of fused-ring (bicyclic) bond motifs is 2. The summed E-state index contributed by atoms with van der Waals surface area (Å²) in [6.07, 6.45) is 9.70. The summed E-state index contributed by atoms with van der Waals surface area (Å²) in [5.74, 6) is -3.38. The number of benzene rings is 2.